The van der Waals surface area contributed by atoms with E-state index in [2.05, 4.69) is 0 Å². The fraction of sp³-hybridized carbons (Fsp3) is 0. The van der Waals surface area contributed by atoms with Crippen LogP contribution in [0.4, 0.5) is 0 Å². The van der Waals surface area contributed by atoms with Gasteiger partial charge in [0.25, 0.3) is 0 Å². The van der Waals surface area contributed by atoms with E-state index in [0.29, 0.717) is 0 Å². The summed E-state index contributed by atoms with van der Waals surface area (Å²) in [4.78, 5) is 12.3. The number of aromatic nitrogens is 1. The van der Waals surface area contributed by atoms with Gasteiger partial charge >= 0.3 is 0 Å². The Balaban J connectivity index is 2.14. The molecule has 0 aliphatic rings. The van der Waals surface area contributed by atoms with Crippen molar-refractivity contribution in [2.45, 2.75) is 0 Å². The quantitative estimate of drug-likeness (QED) is 0.609. The van der Waals surface area contributed by atoms with Gasteiger partial charge in [0.1, 0.15) is 0 Å². The van der Waals surface area contributed by atoms with E-state index in [9.17, 15) is 4.79 Å². The van der Waals surface area contributed by atoms with E-state index in [1.54, 1.807) is 0 Å². The van der Waals surface area contributed by atoms with E-state index in [-0.39, 0.29) is 5.78 Å². The van der Waals surface area contributed by atoms with Gasteiger partial charge in [-0.15, -0.1) is 0 Å². The lowest BCUT2D eigenvalue weighted by Crippen LogP contribution is -2.00. The average molecular weight is 221 g/mol. The molecule has 0 N–H and O–H groups in total. The number of nitrogens with zero attached hydrogens (tertiary/aromatic N) is 1. The average Bonchev–Trinajstić information content (AvgIpc) is 2.83. The van der Waals surface area contributed by atoms with Crippen molar-refractivity contribution in [2.75, 3.05) is 0 Å². The van der Waals surface area contributed by atoms with Crippen LogP contribution in [0, 0.1) is 0 Å². The molecule has 17 heavy (non-hydrogen) atoms. The topological polar surface area (TPSA) is 21.5 Å². The minimum atomic E-state index is 0.0688. The summed E-state index contributed by atoms with van der Waals surface area (Å²) in [5.41, 5.74) is 2.42. The molecule has 1 aromatic carbocycles. The van der Waals surface area contributed by atoms with Crippen LogP contribution in [0.2, 0.25) is 0 Å². The van der Waals surface area contributed by atoms with Crippen LogP contribution in [0.3, 0.4) is 0 Å². The minimum Gasteiger partial charge on any atom is -0.323 e. The Hall–Kier alpha value is -2.35. The second-order valence-electron chi connectivity index (χ2n) is 3.92. The number of rotatable bonds is 2. The highest BCUT2D eigenvalue weighted by atomic mass is 16.1. The molecule has 0 atom stereocenters. The molecule has 0 aliphatic carbocycles. The molecular weight excluding hydrogens is 210 g/mol. The number of carbonyl (C=O) groups excluding carboxylic acids is 1. The second kappa shape index (κ2) is 3.91. The first-order valence-electron chi connectivity index (χ1n) is 5.52. The number of pyridine rings is 1. The van der Waals surface area contributed by atoms with Crippen LogP contribution >= 0.6 is 0 Å². The summed E-state index contributed by atoms with van der Waals surface area (Å²) in [6.45, 7) is 0. The van der Waals surface area contributed by atoms with Gasteiger partial charge in [0.05, 0.1) is 5.52 Å². The second-order valence-corrected chi connectivity index (χ2v) is 3.92. The standard InChI is InChI=1S/C15H11NO/c17-15(12-6-2-1-3-7-12)13-9-11-16-10-5-4-8-14(13)16/h1-11H. The van der Waals surface area contributed by atoms with Crippen LogP contribution in [0.1, 0.15) is 15.9 Å². The molecule has 2 nitrogen and oxygen atoms in total. The molecule has 0 amide bonds. The van der Waals surface area contributed by atoms with E-state index in [1.165, 1.54) is 0 Å². The summed E-state index contributed by atoms with van der Waals surface area (Å²) in [5, 5.41) is 0. The summed E-state index contributed by atoms with van der Waals surface area (Å²) < 4.78 is 1.95. The van der Waals surface area contributed by atoms with E-state index in [4.69, 9.17) is 0 Å². The van der Waals surface area contributed by atoms with E-state index >= 15 is 0 Å². The molecular formula is C15H11NO. The minimum absolute atomic E-state index is 0.0688. The van der Waals surface area contributed by atoms with Crippen molar-refractivity contribution >= 4 is 11.3 Å². The van der Waals surface area contributed by atoms with Gasteiger partial charge in [-0.3, -0.25) is 4.79 Å². The van der Waals surface area contributed by atoms with Crippen molar-refractivity contribution in [1.29, 1.82) is 0 Å². The van der Waals surface area contributed by atoms with E-state index < -0.39 is 0 Å². The number of ketones is 1. The molecule has 82 valence electrons. The van der Waals surface area contributed by atoms with Gasteiger partial charge in [-0.1, -0.05) is 36.4 Å². The zero-order valence-corrected chi connectivity index (χ0v) is 9.21. The van der Waals surface area contributed by atoms with Crippen LogP contribution in [-0.2, 0) is 0 Å². The predicted octanol–water partition coefficient (Wildman–Crippen LogP) is 3.17. The molecule has 2 heteroatoms. The lowest BCUT2D eigenvalue weighted by molar-refractivity contribution is 0.104. The molecule has 0 bridgehead atoms. The molecule has 0 spiro atoms. The highest BCUT2D eigenvalue weighted by molar-refractivity contribution is 6.13. The Kier molecular flexibility index (Phi) is 2.26. The molecule has 0 saturated carbocycles. The van der Waals surface area contributed by atoms with Gasteiger partial charge in [-0.25, -0.2) is 0 Å². The Labute approximate surface area is 99.1 Å². The summed E-state index contributed by atoms with van der Waals surface area (Å²) in [6.07, 6.45) is 3.85. The first-order chi connectivity index (χ1) is 8.36. The Bertz CT molecular complexity index is 667. The van der Waals surface area contributed by atoms with Gasteiger partial charge < -0.3 is 4.40 Å². The molecule has 0 saturated heterocycles. The predicted molar refractivity (Wildman–Crippen MR) is 67.3 cm³/mol. The third kappa shape index (κ3) is 1.64. The third-order valence-corrected chi connectivity index (χ3v) is 2.85. The van der Waals surface area contributed by atoms with Crippen molar-refractivity contribution in [2.24, 2.45) is 0 Å². The monoisotopic (exact) mass is 221 g/mol. The van der Waals surface area contributed by atoms with Crippen LogP contribution < -0.4 is 0 Å². The van der Waals surface area contributed by atoms with Gasteiger partial charge in [-0.2, -0.15) is 0 Å². The Morgan fingerprint density at radius 1 is 0.824 bits per heavy atom. The highest BCUT2D eigenvalue weighted by Gasteiger charge is 2.12. The fourth-order valence-corrected chi connectivity index (χ4v) is 1.99. The van der Waals surface area contributed by atoms with Crippen LogP contribution in [0.15, 0.2) is 67.0 Å². The number of benzene rings is 1. The molecule has 0 unspecified atom stereocenters. The molecule has 2 aromatic heterocycles. The summed E-state index contributed by atoms with van der Waals surface area (Å²) >= 11 is 0. The summed E-state index contributed by atoms with van der Waals surface area (Å²) in [5.74, 6) is 0.0688. The number of carbonyl (C=O) groups is 1. The first-order valence-corrected chi connectivity index (χ1v) is 5.52. The van der Waals surface area contributed by atoms with Crippen molar-refractivity contribution in [3.8, 4) is 0 Å². The van der Waals surface area contributed by atoms with Crippen LogP contribution in [0.5, 0.6) is 0 Å². The van der Waals surface area contributed by atoms with Crippen LogP contribution in [-0.4, -0.2) is 10.2 Å². The van der Waals surface area contributed by atoms with Gasteiger partial charge in [0, 0.05) is 23.5 Å². The maximum absolute atomic E-state index is 12.3. The summed E-state index contributed by atoms with van der Waals surface area (Å²) in [7, 11) is 0. The van der Waals surface area contributed by atoms with E-state index in [0.717, 1.165) is 16.6 Å². The molecule has 0 fully saturated rings. The van der Waals surface area contributed by atoms with E-state index in [1.807, 2.05) is 71.4 Å². The third-order valence-electron chi connectivity index (χ3n) is 2.85. The maximum atomic E-state index is 12.3. The first kappa shape index (κ1) is 9.85. The van der Waals surface area contributed by atoms with Gasteiger partial charge in [-0.05, 0) is 18.2 Å². The molecule has 3 aromatic rings. The van der Waals surface area contributed by atoms with Crippen LogP contribution in [0.25, 0.3) is 5.52 Å². The zero-order chi connectivity index (χ0) is 11.7. The molecule has 0 radical (unpaired) electrons. The maximum Gasteiger partial charge on any atom is 0.195 e. The Morgan fingerprint density at radius 3 is 2.41 bits per heavy atom. The van der Waals surface area contributed by atoms with Crippen molar-refractivity contribution in [3.63, 3.8) is 0 Å². The number of hydrogen-bond donors (Lipinski definition) is 0. The lowest BCUT2D eigenvalue weighted by Gasteiger charge is -2.00. The van der Waals surface area contributed by atoms with Crippen molar-refractivity contribution < 1.29 is 4.79 Å². The van der Waals surface area contributed by atoms with Crippen molar-refractivity contribution in [1.82, 2.24) is 4.40 Å². The van der Waals surface area contributed by atoms with Crippen molar-refractivity contribution in [3.05, 3.63) is 78.1 Å². The molecule has 3 rings (SSSR count). The number of fused-ring (bicyclic) bond motifs is 1. The van der Waals surface area contributed by atoms with Gasteiger partial charge in [0.15, 0.2) is 5.78 Å². The van der Waals surface area contributed by atoms with Gasteiger partial charge in [0.2, 0.25) is 0 Å². The largest absolute Gasteiger partial charge is 0.323 e. The zero-order valence-electron chi connectivity index (χ0n) is 9.21. The Morgan fingerprint density at radius 2 is 1.59 bits per heavy atom. The highest BCUT2D eigenvalue weighted by Crippen LogP contribution is 2.16. The fourth-order valence-electron chi connectivity index (χ4n) is 1.99. The SMILES string of the molecule is O=C(c1ccccc1)c1ccn2ccccc12. The number of hydrogen-bond acceptors (Lipinski definition) is 1. The molecule has 2 heterocycles. The smallest absolute Gasteiger partial charge is 0.195 e. The lowest BCUT2D eigenvalue weighted by atomic mass is 10.0. The summed E-state index contributed by atoms with van der Waals surface area (Å²) in [6, 6.07) is 17.1. The normalized spacial score (nSPS) is 10.6. The molecule has 0 aliphatic heterocycles.